The number of nitrogens with zero attached hydrogens (tertiary/aromatic N) is 1. The van der Waals surface area contributed by atoms with Crippen molar-refractivity contribution < 1.29 is 0 Å². The van der Waals surface area contributed by atoms with Gasteiger partial charge in [0.2, 0.25) is 0 Å². The van der Waals surface area contributed by atoms with Gasteiger partial charge in [-0.15, -0.1) is 0 Å². The molecule has 88 valence electrons. The average Bonchev–Trinajstić information content (AvgIpc) is 2.28. The Morgan fingerprint density at radius 2 is 2.12 bits per heavy atom. The molecule has 0 atom stereocenters. The van der Waals surface area contributed by atoms with Gasteiger partial charge in [-0.3, -0.25) is 4.79 Å². The van der Waals surface area contributed by atoms with Gasteiger partial charge in [0, 0.05) is 22.5 Å². The minimum Gasteiger partial charge on any atom is -0.398 e. The number of nitrogen functional groups attached to an aromatic ring is 1. The number of hydrogen-bond acceptors (Lipinski definition) is 2. The van der Waals surface area contributed by atoms with Crippen LogP contribution in [-0.4, -0.2) is 4.57 Å². The van der Waals surface area contributed by atoms with E-state index in [-0.39, 0.29) is 5.56 Å². The Balaban J connectivity index is 2.38. The summed E-state index contributed by atoms with van der Waals surface area (Å²) in [6, 6.07) is 8.95. The second kappa shape index (κ2) is 4.63. The topological polar surface area (TPSA) is 48.0 Å². The molecule has 0 unspecified atom stereocenters. The Bertz CT molecular complexity index is 605. The van der Waals surface area contributed by atoms with E-state index in [1.807, 2.05) is 12.1 Å². The van der Waals surface area contributed by atoms with E-state index in [0.717, 1.165) is 11.1 Å². The van der Waals surface area contributed by atoms with Crippen LogP contribution in [0.4, 0.5) is 5.69 Å². The van der Waals surface area contributed by atoms with E-state index in [4.69, 9.17) is 17.3 Å². The van der Waals surface area contributed by atoms with E-state index < -0.39 is 0 Å². The molecule has 2 aromatic rings. The fraction of sp³-hybridized carbons (Fsp3) is 0.154. The lowest BCUT2D eigenvalue weighted by Gasteiger charge is -2.09. The Labute approximate surface area is 104 Å². The highest BCUT2D eigenvalue weighted by Gasteiger charge is 2.03. The Hall–Kier alpha value is -1.74. The van der Waals surface area contributed by atoms with Crippen LogP contribution >= 0.6 is 11.6 Å². The van der Waals surface area contributed by atoms with Crippen LogP contribution in [0.25, 0.3) is 0 Å². The minimum absolute atomic E-state index is 0.00171. The molecule has 0 aliphatic rings. The average molecular weight is 249 g/mol. The number of aryl methyl sites for hydroxylation is 1. The smallest absolute Gasteiger partial charge is 0.253 e. The van der Waals surface area contributed by atoms with Crippen molar-refractivity contribution in [1.29, 1.82) is 0 Å². The molecule has 3 nitrogen and oxygen atoms in total. The van der Waals surface area contributed by atoms with Crippen molar-refractivity contribution in [2.24, 2.45) is 0 Å². The zero-order chi connectivity index (χ0) is 12.4. The molecule has 2 rings (SSSR count). The summed E-state index contributed by atoms with van der Waals surface area (Å²) in [6.07, 6.45) is 1.75. The predicted octanol–water partition coefficient (Wildman–Crippen LogP) is 2.44. The standard InChI is InChI=1S/C13H13ClN2O/c1-9-3-2-6-16(13(9)17)8-10-4-5-11(14)7-12(10)15/h2-7H,8,15H2,1H3. The Morgan fingerprint density at radius 1 is 1.35 bits per heavy atom. The molecule has 1 aromatic heterocycles. The number of anilines is 1. The fourth-order valence-electron chi connectivity index (χ4n) is 1.67. The summed E-state index contributed by atoms with van der Waals surface area (Å²) in [5.41, 5.74) is 8.08. The molecular formula is C13H13ClN2O. The van der Waals surface area contributed by atoms with Gasteiger partial charge in [0.05, 0.1) is 6.54 Å². The summed E-state index contributed by atoms with van der Waals surface area (Å²) in [5, 5.41) is 0.600. The number of hydrogen-bond donors (Lipinski definition) is 1. The van der Waals surface area contributed by atoms with Crippen molar-refractivity contribution in [1.82, 2.24) is 4.57 Å². The highest BCUT2D eigenvalue weighted by Crippen LogP contribution is 2.18. The summed E-state index contributed by atoms with van der Waals surface area (Å²) < 4.78 is 1.63. The summed E-state index contributed by atoms with van der Waals surface area (Å²) in [6.45, 7) is 2.26. The van der Waals surface area contributed by atoms with Gasteiger partial charge in [-0.05, 0) is 30.7 Å². The molecule has 0 amide bonds. The second-order valence-electron chi connectivity index (χ2n) is 3.97. The number of aromatic nitrogens is 1. The largest absolute Gasteiger partial charge is 0.398 e. The molecule has 1 heterocycles. The molecule has 4 heteroatoms. The van der Waals surface area contributed by atoms with E-state index in [0.29, 0.717) is 17.3 Å². The van der Waals surface area contributed by atoms with Crippen molar-refractivity contribution in [2.45, 2.75) is 13.5 Å². The molecule has 17 heavy (non-hydrogen) atoms. The summed E-state index contributed by atoms with van der Waals surface area (Å²) in [7, 11) is 0. The van der Waals surface area contributed by atoms with Crippen LogP contribution in [0.5, 0.6) is 0 Å². The maximum Gasteiger partial charge on any atom is 0.253 e. The molecule has 0 bridgehead atoms. The third kappa shape index (κ3) is 2.50. The third-order valence-electron chi connectivity index (χ3n) is 2.66. The van der Waals surface area contributed by atoms with Gasteiger partial charge in [-0.25, -0.2) is 0 Å². The first-order chi connectivity index (χ1) is 8.08. The van der Waals surface area contributed by atoms with Crippen LogP contribution in [0.1, 0.15) is 11.1 Å². The van der Waals surface area contributed by atoms with Crippen LogP contribution < -0.4 is 11.3 Å². The lowest BCUT2D eigenvalue weighted by atomic mass is 10.2. The van der Waals surface area contributed by atoms with Gasteiger partial charge in [-0.1, -0.05) is 23.7 Å². The first-order valence-corrected chi connectivity index (χ1v) is 5.65. The van der Waals surface area contributed by atoms with Crippen molar-refractivity contribution in [3.8, 4) is 0 Å². The van der Waals surface area contributed by atoms with Crippen molar-refractivity contribution in [3.05, 3.63) is 63.0 Å². The molecule has 0 spiro atoms. The van der Waals surface area contributed by atoms with Crippen molar-refractivity contribution in [2.75, 3.05) is 5.73 Å². The molecule has 0 radical (unpaired) electrons. The molecule has 0 aliphatic carbocycles. The summed E-state index contributed by atoms with van der Waals surface area (Å²) in [4.78, 5) is 11.8. The monoisotopic (exact) mass is 248 g/mol. The Morgan fingerprint density at radius 3 is 2.82 bits per heavy atom. The summed E-state index contributed by atoms with van der Waals surface area (Å²) >= 11 is 5.83. The van der Waals surface area contributed by atoms with Gasteiger partial charge >= 0.3 is 0 Å². The highest BCUT2D eigenvalue weighted by molar-refractivity contribution is 6.30. The van der Waals surface area contributed by atoms with Crippen LogP contribution in [0.15, 0.2) is 41.3 Å². The van der Waals surface area contributed by atoms with Gasteiger partial charge in [-0.2, -0.15) is 0 Å². The number of pyridine rings is 1. The van der Waals surface area contributed by atoms with Crippen molar-refractivity contribution >= 4 is 17.3 Å². The number of benzene rings is 1. The number of rotatable bonds is 2. The molecule has 0 aliphatic heterocycles. The van der Waals surface area contributed by atoms with Crippen LogP contribution in [0.3, 0.4) is 0 Å². The van der Waals surface area contributed by atoms with Crippen LogP contribution in [0, 0.1) is 6.92 Å². The first-order valence-electron chi connectivity index (χ1n) is 5.28. The third-order valence-corrected chi connectivity index (χ3v) is 2.89. The quantitative estimate of drug-likeness (QED) is 0.830. The van der Waals surface area contributed by atoms with E-state index in [9.17, 15) is 4.79 Å². The normalized spacial score (nSPS) is 10.5. The predicted molar refractivity (Wildman–Crippen MR) is 70.4 cm³/mol. The maximum atomic E-state index is 11.8. The first kappa shape index (κ1) is 11.7. The number of nitrogens with two attached hydrogens (primary N) is 1. The zero-order valence-electron chi connectivity index (χ0n) is 9.48. The van der Waals surface area contributed by atoms with E-state index in [2.05, 4.69) is 0 Å². The molecule has 1 aromatic carbocycles. The summed E-state index contributed by atoms with van der Waals surface area (Å²) in [5.74, 6) is 0. The number of halogens is 1. The van der Waals surface area contributed by atoms with Crippen molar-refractivity contribution in [3.63, 3.8) is 0 Å². The van der Waals surface area contributed by atoms with Gasteiger partial charge in [0.1, 0.15) is 0 Å². The minimum atomic E-state index is 0.00171. The van der Waals surface area contributed by atoms with Gasteiger partial charge < -0.3 is 10.3 Å². The SMILES string of the molecule is Cc1cccn(Cc2ccc(Cl)cc2N)c1=O. The van der Waals surface area contributed by atoms with Gasteiger partial charge in [0.15, 0.2) is 0 Å². The second-order valence-corrected chi connectivity index (χ2v) is 4.40. The molecule has 0 fully saturated rings. The van der Waals surface area contributed by atoms with Gasteiger partial charge in [0.25, 0.3) is 5.56 Å². The fourth-order valence-corrected chi connectivity index (χ4v) is 1.86. The Kier molecular flexibility index (Phi) is 3.20. The van der Waals surface area contributed by atoms with E-state index in [1.54, 1.807) is 35.9 Å². The van der Waals surface area contributed by atoms with E-state index in [1.165, 1.54) is 0 Å². The highest BCUT2D eigenvalue weighted by atomic mass is 35.5. The lowest BCUT2D eigenvalue weighted by Crippen LogP contribution is -2.22. The molecular weight excluding hydrogens is 236 g/mol. The lowest BCUT2D eigenvalue weighted by molar-refractivity contribution is 0.754. The van der Waals surface area contributed by atoms with Crippen LogP contribution in [0.2, 0.25) is 5.02 Å². The molecule has 0 saturated heterocycles. The molecule has 2 N–H and O–H groups in total. The maximum absolute atomic E-state index is 11.8. The van der Waals surface area contributed by atoms with E-state index >= 15 is 0 Å². The zero-order valence-corrected chi connectivity index (χ0v) is 10.2. The molecule has 0 saturated carbocycles. The van der Waals surface area contributed by atoms with Crippen LogP contribution in [-0.2, 0) is 6.54 Å².